The highest BCUT2D eigenvalue weighted by molar-refractivity contribution is 5.92. The van der Waals surface area contributed by atoms with Crippen LogP contribution in [0.5, 0.6) is 0 Å². The molecule has 0 unspecified atom stereocenters. The van der Waals surface area contributed by atoms with Gasteiger partial charge in [0.2, 0.25) is 11.8 Å². The number of hydrogen-bond donors (Lipinski definition) is 1. The first-order valence-corrected chi connectivity index (χ1v) is 4.85. The Labute approximate surface area is 83.3 Å². The molecule has 1 aliphatic heterocycles. The van der Waals surface area contributed by atoms with E-state index in [9.17, 15) is 9.59 Å². The van der Waals surface area contributed by atoms with E-state index in [0.717, 1.165) is 0 Å². The molecule has 0 spiro atoms. The third-order valence-electron chi connectivity index (χ3n) is 2.33. The highest BCUT2D eigenvalue weighted by atomic mass is 16.3. The summed E-state index contributed by atoms with van der Waals surface area (Å²) in [7, 11) is 0. The third kappa shape index (κ3) is 2.45. The molecule has 1 aliphatic rings. The number of nitrogens with zero attached hydrogens (tertiary/aromatic N) is 2. The molecule has 80 valence electrons. The van der Waals surface area contributed by atoms with Gasteiger partial charge in [-0.1, -0.05) is 0 Å². The molecule has 1 fully saturated rings. The van der Waals surface area contributed by atoms with Crippen LogP contribution in [0.1, 0.15) is 13.3 Å². The zero-order chi connectivity index (χ0) is 10.6. The Morgan fingerprint density at radius 2 is 1.79 bits per heavy atom. The number of aliphatic hydroxyl groups is 1. The smallest absolute Gasteiger partial charge is 0.242 e. The number of amides is 2. The zero-order valence-corrected chi connectivity index (χ0v) is 8.40. The summed E-state index contributed by atoms with van der Waals surface area (Å²) in [4.78, 5) is 25.9. The van der Waals surface area contributed by atoms with Gasteiger partial charge in [0, 0.05) is 19.7 Å². The van der Waals surface area contributed by atoms with Crippen molar-refractivity contribution in [3.63, 3.8) is 0 Å². The first kappa shape index (κ1) is 11.0. The number of piperazine rings is 1. The summed E-state index contributed by atoms with van der Waals surface area (Å²) in [6, 6.07) is 0. The Morgan fingerprint density at radius 3 is 2.36 bits per heavy atom. The molecule has 0 aliphatic carbocycles. The van der Waals surface area contributed by atoms with Gasteiger partial charge < -0.3 is 14.9 Å². The SMILES string of the molecule is CCN1CC(=O)N(CCCO)CC1=O. The van der Waals surface area contributed by atoms with Crippen LogP contribution in [0.3, 0.4) is 0 Å². The number of carbonyl (C=O) groups is 2. The lowest BCUT2D eigenvalue weighted by molar-refractivity contribution is -0.149. The van der Waals surface area contributed by atoms with Gasteiger partial charge in [-0.3, -0.25) is 9.59 Å². The Kier molecular flexibility index (Phi) is 3.88. The van der Waals surface area contributed by atoms with Crippen molar-refractivity contribution < 1.29 is 14.7 Å². The molecular formula is C9H16N2O3. The van der Waals surface area contributed by atoms with Crippen molar-refractivity contribution in [1.29, 1.82) is 0 Å². The second-order valence-electron chi connectivity index (χ2n) is 3.30. The molecule has 0 atom stereocenters. The minimum absolute atomic E-state index is 0.00922. The molecule has 0 aromatic rings. The molecular weight excluding hydrogens is 184 g/mol. The number of rotatable bonds is 4. The van der Waals surface area contributed by atoms with Gasteiger partial charge in [-0.15, -0.1) is 0 Å². The average Bonchev–Trinajstić information content (AvgIpc) is 2.18. The van der Waals surface area contributed by atoms with Crippen molar-refractivity contribution in [3.8, 4) is 0 Å². The highest BCUT2D eigenvalue weighted by Crippen LogP contribution is 2.04. The molecule has 5 heteroatoms. The molecule has 0 saturated carbocycles. The van der Waals surface area contributed by atoms with Crippen molar-refractivity contribution in [2.75, 3.05) is 32.8 Å². The van der Waals surface area contributed by atoms with E-state index in [1.54, 1.807) is 0 Å². The lowest BCUT2D eigenvalue weighted by atomic mass is 10.2. The highest BCUT2D eigenvalue weighted by Gasteiger charge is 2.27. The Balaban J connectivity index is 2.49. The summed E-state index contributed by atoms with van der Waals surface area (Å²) < 4.78 is 0. The molecule has 5 nitrogen and oxygen atoms in total. The van der Waals surface area contributed by atoms with Crippen LogP contribution in [0.25, 0.3) is 0 Å². The second kappa shape index (κ2) is 4.95. The summed E-state index contributed by atoms with van der Waals surface area (Å²) in [6.45, 7) is 3.30. The van der Waals surface area contributed by atoms with Crippen LogP contribution < -0.4 is 0 Å². The zero-order valence-electron chi connectivity index (χ0n) is 8.40. The van der Waals surface area contributed by atoms with E-state index in [0.29, 0.717) is 19.5 Å². The predicted molar refractivity (Wildman–Crippen MR) is 50.5 cm³/mol. The van der Waals surface area contributed by atoms with Crippen LogP contribution in [0, 0.1) is 0 Å². The lowest BCUT2D eigenvalue weighted by Gasteiger charge is -2.33. The van der Waals surface area contributed by atoms with Gasteiger partial charge >= 0.3 is 0 Å². The van der Waals surface area contributed by atoms with E-state index in [-0.39, 0.29) is 31.5 Å². The quantitative estimate of drug-likeness (QED) is 0.637. The Morgan fingerprint density at radius 1 is 1.21 bits per heavy atom. The average molecular weight is 200 g/mol. The van der Waals surface area contributed by atoms with Crippen LogP contribution in [0.4, 0.5) is 0 Å². The van der Waals surface area contributed by atoms with E-state index in [2.05, 4.69) is 0 Å². The van der Waals surface area contributed by atoms with E-state index >= 15 is 0 Å². The molecule has 0 aromatic carbocycles. The van der Waals surface area contributed by atoms with Crippen molar-refractivity contribution in [3.05, 3.63) is 0 Å². The van der Waals surface area contributed by atoms with E-state index in [1.807, 2.05) is 6.92 Å². The topological polar surface area (TPSA) is 60.9 Å². The number of likely N-dealkylation sites (N-methyl/N-ethyl adjacent to an activating group) is 1. The van der Waals surface area contributed by atoms with Crippen molar-refractivity contribution >= 4 is 11.8 Å². The maximum atomic E-state index is 11.5. The number of hydrogen-bond acceptors (Lipinski definition) is 3. The maximum Gasteiger partial charge on any atom is 0.242 e. The molecule has 1 N–H and O–H groups in total. The van der Waals surface area contributed by atoms with Crippen molar-refractivity contribution in [2.24, 2.45) is 0 Å². The predicted octanol–water partition coefficient (Wildman–Crippen LogP) is -0.940. The Hall–Kier alpha value is -1.10. The maximum absolute atomic E-state index is 11.5. The molecule has 1 heterocycles. The molecule has 0 bridgehead atoms. The van der Waals surface area contributed by atoms with Crippen molar-refractivity contribution in [2.45, 2.75) is 13.3 Å². The number of aliphatic hydroxyl groups excluding tert-OH is 1. The summed E-state index contributed by atoms with van der Waals surface area (Å²) in [5.41, 5.74) is 0. The fourth-order valence-corrected chi connectivity index (χ4v) is 1.46. The summed E-state index contributed by atoms with van der Waals surface area (Å²) in [6.07, 6.45) is 0.533. The molecule has 2 amide bonds. The van der Waals surface area contributed by atoms with Gasteiger partial charge in [-0.05, 0) is 13.3 Å². The van der Waals surface area contributed by atoms with Gasteiger partial charge in [0.15, 0.2) is 0 Å². The van der Waals surface area contributed by atoms with E-state index in [4.69, 9.17) is 5.11 Å². The fraction of sp³-hybridized carbons (Fsp3) is 0.778. The standard InChI is InChI=1S/C9H16N2O3/c1-2-10-6-9(14)11(4-3-5-12)7-8(10)13/h12H,2-7H2,1H3. The fourth-order valence-electron chi connectivity index (χ4n) is 1.46. The van der Waals surface area contributed by atoms with Gasteiger partial charge in [0.25, 0.3) is 0 Å². The van der Waals surface area contributed by atoms with Gasteiger partial charge in [0.1, 0.15) is 0 Å². The first-order chi connectivity index (χ1) is 6.69. The van der Waals surface area contributed by atoms with Crippen molar-refractivity contribution in [1.82, 2.24) is 9.80 Å². The second-order valence-corrected chi connectivity index (χ2v) is 3.30. The van der Waals surface area contributed by atoms with Crippen LogP contribution in [-0.2, 0) is 9.59 Å². The Bertz CT molecular complexity index is 230. The monoisotopic (exact) mass is 200 g/mol. The van der Waals surface area contributed by atoms with E-state index < -0.39 is 0 Å². The summed E-state index contributed by atoms with van der Waals surface area (Å²) in [5.74, 6) is -0.0371. The molecule has 0 aromatic heterocycles. The lowest BCUT2D eigenvalue weighted by Crippen LogP contribution is -2.53. The minimum atomic E-state index is -0.0279. The first-order valence-electron chi connectivity index (χ1n) is 4.85. The molecule has 1 saturated heterocycles. The van der Waals surface area contributed by atoms with Crippen LogP contribution >= 0.6 is 0 Å². The minimum Gasteiger partial charge on any atom is -0.396 e. The largest absolute Gasteiger partial charge is 0.396 e. The van der Waals surface area contributed by atoms with Gasteiger partial charge in [-0.25, -0.2) is 0 Å². The van der Waals surface area contributed by atoms with Gasteiger partial charge in [-0.2, -0.15) is 0 Å². The summed E-state index contributed by atoms with van der Waals surface area (Å²) in [5, 5.41) is 8.61. The van der Waals surface area contributed by atoms with Crippen LogP contribution in [0.15, 0.2) is 0 Å². The van der Waals surface area contributed by atoms with E-state index in [1.165, 1.54) is 9.80 Å². The molecule has 14 heavy (non-hydrogen) atoms. The molecule has 0 radical (unpaired) electrons. The van der Waals surface area contributed by atoms with Gasteiger partial charge in [0.05, 0.1) is 13.1 Å². The normalized spacial score (nSPS) is 17.9. The molecule has 1 rings (SSSR count). The third-order valence-corrected chi connectivity index (χ3v) is 2.33. The van der Waals surface area contributed by atoms with Crippen LogP contribution in [0.2, 0.25) is 0 Å². The van der Waals surface area contributed by atoms with Crippen LogP contribution in [-0.4, -0.2) is 59.5 Å². The summed E-state index contributed by atoms with van der Waals surface area (Å²) >= 11 is 0. The number of carbonyl (C=O) groups excluding carboxylic acids is 2.